The fourth-order valence-electron chi connectivity index (χ4n) is 4.07. The first kappa shape index (κ1) is 16.3. The number of nitrogen functional groups attached to an aromatic ring is 1. The van der Waals surface area contributed by atoms with Gasteiger partial charge in [0.15, 0.2) is 0 Å². The van der Waals surface area contributed by atoms with E-state index in [1.807, 2.05) is 24.5 Å². The van der Waals surface area contributed by atoms with Crippen molar-refractivity contribution >= 4 is 70.1 Å². The number of thiophene rings is 1. The van der Waals surface area contributed by atoms with Crippen LogP contribution in [0.2, 0.25) is 0 Å². The van der Waals surface area contributed by atoms with Crippen LogP contribution < -0.4 is 11.1 Å². The standard InChI is InChI=1S/C24H16N4S/c25-22-15-8-10-26-12-18(15)19-13-27-11-9-16(19)23(22)28-20-6-3-5-17-14-4-1-2-7-21(14)29-24(17)20/h1-13,28H,25H2. The van der Waals surface area contributed by atoms with E-state index in [1.54, 1.807) is 23.7 Å². The minimum atomic E-state index is 0.721. The highest BCUT2D eigenvalue weighted by atomic mass is 32.1. The summed E-state index contributed by atoms with van der Waals surface area (Å²) in [7, 11) is 0. The Labute approximate surface area is 170 Å². The van der Waals surface area contributed by atoms with Crippen LogP contribution in [0.4, 0.5) is 17.1 Å². The van der Waals surface area contributed by atoms with E-state index in [1.165, 1.54) is 20.2 Å². The molecule has 29 heavy (non-hydrogen) atoms. The Hall–Kier alpha value is -3.70. The van der Waals surface area contributed by atoms with Gasteiger partial charge in [-0.2, -0.15) is 0 Å². The highest BCUT2D eigenvalue weighted by Gasteiger charge is 2.15. The molecule has 4 nitrogen and oxygen atoms in total. The molecular weight excluding hydrogens is 376 g/mol. The zero-order valence-corrected chi connectivity index (χ0v) is 16.2. The van der Waals surface area contributed by atoms with Gasteiger partial charge in [0.05, 0.1) is 21.8 Å². The van der Waals surface area contributed by atoms with E-state index in [-0.39, 0.29) is 0 Å². The van der Waals surface area contributed by atoms with Crippen molar-refractivity contribution in [2.45, 2.75) is 0 Å². The maximum absolute atomic E-state index is 6.64. The zero-order chi connectivity index (χ0) is 19.4. The van der Waals surface area contributed by atoms with Crippen LogP contribution in [-0.2, 0) is 0 Å². The Morgan fingerprint density at radius 2 is 1.41 bits per heavy atom. The average Bonchev–Trinajstić information content (AvgIpc) is 3.16. The molecule has 0 amide bonds. The lowest BCUT2D eigenvalue weighted by Gasteiger charge is -2.16. The van der Waals surface area contributed by atoms with Crippen molar-refractivity contribution < 1.29 is 0 Å². The third-order valence-electron chi connectivity index (χ3n) is 5.43. The number of benzene rings is 3. The topological polar surface area (TPSA) is 63.8 Å². The molecule has 3 heterocycles. The van der Waals surface area contributed by atoms with Gasteiger partial charge in [-0.15, -0.1) is 11.3 Å². The van der Waals surface area contributed by atoms with Crippen molar-refractivity contribution in [3.8, 4) is 0 Å². The average molecular weight is 392 g/mol. The summed E-state index contributed by atoms with van der Waals surface area (Å²) in [4.78, 5) is 8.61. The minimum Gasteiger partial charge on any atom is -0.397 e. The molecule has 5 heteroatoms. The van der Waals surface area contributed by atoms with Crippen LogP contribution in [0.3, 0.4) is 0 Å². The van der Waals surface area contributed by atoms with E-state index in [0.717, 1.165) is 38.6 Å². The second-order valence-corrected chi connectivity index (χ2v) is 8.09. The number of aromatic nitrogens is 2. The van der Waals surface area contributed by atoms with Crippen LogP contribution >= 0.6 is 11.3 Å². The number of fused-ring (bicyclic) bond motifs is 6. The number of anilines is 3. The lowest BCUT2D eigenvalue weighted by atomic mass is 10.0. The summed E-state index contributed by atoms with van der Waals surface area (Å²) in [5, 5.41) is 10.3. The second kappa shape index (κ2) is 6.15. The number of pyridine rings is 2. The molecule has 0 radical (unpaired) electrons. The summed E-state index contributed by atoms with van der Waals surface area (Å²) < 4.78 is 2.51. The van der Waals surface area contributed by atoms with E-state index in [2.05, 4.69) is 57.7 Å². The van der Waals surface area contributed by atoms with Gasteiger partial charge < -0.3 is 11.1 Å². The van der Waals surface area contributed by atoms with Gasteiger partial charge in [-0.25, -0.2) is 0 Å². The number of nitrogens with one attached hydrogen (secondary N) is 1. The molecule has 3 aromatic heterocycles. The molecule has 0 aliphatic rings. The molecular formula is C24H16N4S. The fraction of sp³-hybridized carbons (Fsp3) is 0. The third kappa shape index (κ3) is 2.38. The van der Waals surface area contributed by atoms with E-state index in [9.17, 15) is 0 Å². The minimum absolute atomic E-state index is 0.721. The monoisotopic (exact) mass is 392 g/mol. The summed E-state index contributed by atoms with van der Waals surface area (Å²) in [5.41, 5.74) is 9.33. The smallest absolute Gasteiger partial charge is 0.0705 e. The summed E-state index contributed by atoms with van der Waals surface area (Å²) >= 11 is 1.80. The normalized spacial score (nSPS) is 11.6. The van der Waals surface area contributed by atoms with Gasteiger partial charge in [-0.05, 0) is 24.3 Å². The molecule has 0 aliphatic heterocycles. The van der Waals surface area contributed by atoms with E-state index in [4.69, 9.17) is 5.73 Å². The maximum Gasteiger partial charge on any atom is 0.0705 e. The Morgan fingerprint density at radius 3 is 2.28 bits per heavy atom. The molecule has 6 rings (SSSR count). The fourth-order valence-corrected chi connectivity index (χ4v) is 5.24. The molecule has 0 unspecified atom stereocenters. The van der Waals surface area contributed by atoms with Gasteiger partial charge in [0.2, 0.25) is 0 Å². The highest BCUT2D eigenvalue weighted by Crippen LogP contribution is 2.43. The highest BCUT2D eigenvalue weighted by molar-refractivity contribution is 7.26. The Balaban J connectivity index is 1.65. The van der Waals surface area contributed by atoms with Crippen LogP contribution in [0.15, 0.2) is 79.4 Å². The first-order valence-corrected chi connectivity index (χ1v) is 10.2. The van der Waals surface area contributed by atoms with E-state index < -0.39 is 0 Å². The number of nitrogens with two attached hydrogens (primary N) is 1. The van der Waals surface area contributed by atoms with Crippen LogP contribution in [0, 0.1) is 0 Å². The van der Waals surface area contributed by atoms with Crippen molar-refractivity contribution in [3.63, 3.8) is 0 Å². The number of hydrogen-bond donors (Lipinski definition) is 2. The summed E-state index contributed by atoms with van der Waals surface area (Å²) in [5.74, 6) is 0. The number of hydrogen-bond acceptors (Lipinski definition) is 5. The van der Waals surface area contributed by atoms with Gasteiger partial charge in [-0.3, -0.25) is 9.97 Å². The Morgan fingerprint density at radius 1 is 0.690 bits per heavy atom. The number of nitrogens with zero attached hydrogens (tertiary/aromatic N) is 2. The molecule has 6 aromatic rings. The molecule has 0 atom stereocenters. The van der Waals surface area contributed by atoms with Crippen LogP contribution in [0.5, 0.6) is 0 Å². The molecule has 0 spiro atoms. The van der Waals surface area contributed by atoms with Crippen LogP contribution in [0.1, 0.15) is 0 Å². The first-order valence-electron chi connectivity index (χ1n) is 9.37. The molecule has 0 bridgehead atoms. The van der Waals surface area contributed by atoms with Gasteiger partial charge in [-0.1, -0.05) is 30.3 Å². The SMILES string of the molecule is Nc1c(Nc2cccc3c2sc2ccccc23)c2ccncc2c2cnccc12. The molecule has 0 aliphatic carbocycles. The van der Waals surface area contributed by atoms with Crippen molar-refractivity contribution in [3.05, 3.63) is 79.4 Å². The Bertz CT molecular complexity index is 1550. The predicted molar refractivity (Wildman–Crippen MR) is 124 cm³/mol. The molecule has 0 saturated heterocycles. The van der Waals surface area contributed by atoms with Crippen molar-refractivity contribution in [2.75, 3.05) is 11.1 Å². The van der Waals surface area contributed by atoms with Gasteiger partial charge in [0.1, 0.15) is 0 Å². The van der Waals surface area contributed by atoms with Crippen molar-refractivity contribution in [2.24, 2.45) is 0 Å². The lowest BCUT2D eigenvalue weighted by molar-refractivity contribution is 1.35. The second-order valence-electron chi connectivity index (χ2n) is 7.04. The van der Waals surface area contributed by atoms with E-state index >= 15 is 0 Å². The lowest BCUT2D eigenvalue weighted by Crippen LogP contribution is -1.99. The quantitative estimate of drug-likeness (QED) is 0.201. The van der Waals surface area contributed by atoms with Gasteiger partial charge in [0.25, 0.3) is 0 Å². The molecule has 0 fully saturated rings. The van der Waals surface area contributed by atoms with Crippen molar-refractivity contribution in [1.82, 2.24) is 9.97 Å². The molecule has 3 N–H and O–H groups in total. The maximum atomic E-state index is 6.64. The third-order valence-corrected chi connectivity index (χ3v) is 6.64. The summed E-state index contributed by atoms with van der Waals surface area (Å²) in [6.07, 6.45) is 7.31. The van der Waals surface area contributed by atoms with Crippen molar-refractivity contribution in [1.29, 1.82) is 0 Å². The van der Waals surface area contributed by atoms with Crippen LogP contribution in [-0.4, -0.2) is 9.97 Å². The van der Waals surface area contributed by atoms with Gasteiger partial charge in [0, 0.05) is 61.8 Å². The van der Waals surface area contributed by atoms with E-state index in [0.29, 0.717) is 0 Å². The first-order chi connectivity index (χ1) is 14.3. The molecule has 0 saturated carbocycles. The molecule has 3 aromatic carbocycles. The zero-order valence-electron chi connectivity index (χ0n) is 15.4. The Kier molecular flexibility index (Phi) is 3.45. The predicted octanol–water partition coefficient (Wildman–Crippen LogP) is 6.48. The van der Waals surface area contributed by atoms with Crippen LogP contribution in [0.25, 0.3) is 41.7 Å². The largest absolute Gasteiger partial charge is 0.397 e. The summed E-state index contributed by atoms with van der Waals surface area (Å²) in [6.45, 7) is 0. The number of rotatable bonds is 2. The summed E-state index contributed by atoms with van der Waals surface area (Å²) in [6, 6.07) is 18.9. The molecule has 138 valence electrons. The van der Waals surface area contributed by atoms with Gasteiger partial charge >= 0.3 is 0 Å².